The van der Waals surface area contributed by atoms with Gasteiger partial charge in [-0.15, -0.1) is 0 Å². The van der Waals surface area contributed by atoms with Gasteiger partial charge < -0.3 is 19.7 Å². The number of esters is 1. The average Bonchev–Trinajstić information content (AvgIpc) is 3.55. The fourth-order valence-corrected chi connectivity index (χ4v) is 5.70. The van der Waals surface area contributed by atoms with Crippen LogP contribution in [0.1, 0.15) is 81.5 Å². The van der Waals surface area contributed by atoms with Gasteiger partial charge in [-0.3, -0.25) is 14.3 Å². The molecule has 1 aromatic carbocycles. The van der Waals surface area contributed by atoms with Crippen molar-refractivity contribution in [2.45, 2.75) is 58.4 Å². The average molecular weight is 509 g/mol. The minimum atomic E-state index is -0.440. The molecule has 1 N–H and O–H groups in total. The number of aromatic nitrogens is 2. The maximum Gasteiger partial charge on any atom is 0.338 e. The zero-order valence-electron chi connectivity index (χ0n) is 21.6. The molecule has 2 aromatic rings. The molecule has 0 bridgehead atoms. The van der Waals surface area contributed by atoms with Gasteiger partial charge in [-0.2, -0.15) is 5.10 Å². The van der Waals surface area contributed by atoms with Gasteiger partial charge >= 0.3 is 5.97 Å². The molecule has 0 aliphatic carbocycles. The van der Waals surface area contributed by atoms with Gasteiger partial charge in [0.2, 0.25) is 0 Å². The topological polar surface area (TPSA) is 103 Å². The van der Waals surface area contributed by atoms with E-state index < -0.39 is 5.97 Å². The lowest BCUT2D eigenvalue weighted by Crippen LogP contribution is -2.40. The van der Waals surface area contributed by atoms with E-state index in [-0.39, 0.29) is 23.8 Å². The Morgan fingerprint density at radius 2 is 1.92 bits per heavy atom. The van der Waals surface area contributed by atoms with Crippen molar-refractivity contribution in [3.63, 3.8) is 0 Å². The van der Waals surface area contributed by atoms with Crippen LogP contribution in [0.5, 0.6) is 0 Å². The van der Waals surface area contributed by atoms with Gasteiger partial charge in [0.25, 0.3) is 11.8 Å². The number of aryl methyl sites for hydroxylation is 2. The first kappa shape index (κ1) is 25.4. The molecule has 4 heterocycles. The van der Waals surface area contributed by atoms with Crippen LogP contribution < -0.4 is 5.32 Å². The molecule has 0 atom stereocenters. The number of carbonyl (C=O) groups excluding carboxylic acids is 3. The molecule has 0 saturated carbocycles. The first-order chi connectivity index (χ1) is 18.0. The van der Waals surface area contributed by atoms with Gasteiger partial charge in [-0.1, -0.05) is 13.0 Å². The summed E-state index contributed by atoms with van der Waals surface area (Å²) in [4.78, 5) is 40.2. The van der Waals surface area contributed by atoms with Gasteiger partial charge in [-0.05, 0) is 62.1 Å². The van der Waals surface area contributed by atoms with E-state index in [0.29, 0.717) is 55.8 Å². The van der Waals surface area contributed by atoms with Crippen LogP contribution in [0.25, 0.3) is 0 Å². The molecule has 9 heteroatoms. The van der Waals surface area contributed by atoms with Crippen molar-refractivity contribution < 1.29 is 23.9 Å². The normalized spacial score (nSPS) is 18.8. The number of nitrogens with one attached hydrogen (secondary N) is 1. The smallest absolute Gasteiger partial charge is 0.338 e. The highest BCUT2D eigenvalue weighted by Crippen LogP contribution is 2.37. The van der Waals surface area contributed by atoms with E-state index in [0.717, 1.165) is 56.6 Å². The van der Waals surface area contributed by atoms with Crippen LogP contribution in [0.2, 0.25) is 0 Å². The van der Waals surface area contributed by atoms with E-state index >= 15 is 0 Å². The summed E-state index contributed by atoms with van der Waals surface area (Å²) in [5.74, 6) is -0.522. The Morgan fingerprint density at radius 3 is 2.68 bits per heavy atom. The van der Waals surface area contributed by atoms with Crippen LogP contribution in [-0.4, -0.2) is 71.9 Å². The molecule has 3 aliphatic rings. The fourth-order valence-electron chi connectivity index (χ4n) is 5.70. The minimum Gasteiger partial charge on any atom is -0.462 e. The van der Waals surface area contributed by atoms with Crippen molar-refractivity contribution in [2.75, 3.05) is 39.5 Å². The number of fused-ring (bicyclic) bond motifs is 1. The third-order valence-electron chi connectivity index (χ3n) is 7.90. The van der Waals surface area contributed by atoms with Crippen molar-refractivity contribution in [2.24, 2.45) is 5.41 Å². The van der Waals surface area contributed by atoms with Gasteiger partial charge in [0, 0.05) is 51.4 Å². The fraction of sp³-hybridized carbons (Fsp3) is 0.571. The lowest BCUT2D eigenvalue weighted by molar-refractivity contribution is 0.0152. The van der Waals surface area contributed by atoms with Crippen LogP contribution in [0, 0.1) is 5.41 Å². The van der Waals surface area contributed by atoms with Crippen LogP contribution in [0.3, 0.4) is 0 Å². The summed E-state index contributed by atoms with van der Waals surface area (Å²) in [6, 6.07) is 6.77. The molecule has 2 fully saturated rings. The second kappa shape index (κ2) is 11.0. The Balaban J connectivity index is 1.22. The Labute approximate surface area is 217 Å². The number of likely N-dealkylation sites (tertiary alicyclic amines) is 1. The summed E-state index contributed by atoms with van der Waals surface area (Å²) < 4.78 is 13.1. The van der Waals surface area contributed by atoms with Crippen molar-refractivity contribution >= 4 is 17.8 Å². The maximum absolute atomic E-state index is 13.0. The molecule has 3 aliphatic heterocycles. The molecule has 0 radical (unpaired) electrons. The number of ether oxygens (including phenoxy) is 2. The highest BCUT2D eigenvalue weighted by Gasteiger charge is 2.39. The van der Waals surface area contributed by atoms with E-state index in [9.17, 15) is 14.4 Å². The van der Waals surface area contributed by atoms with Crippen LogP contribution in [0.4, 0.5) is 0 Å². The van der Waals surface area contributed by atoms with E-state index in [2.05, 4.69) is 5.32 Å². The van der Waals surface area contributed by atoms with E-state index in [1.54, 1.807) is 24.3 Å². The summed E-state index contributed by atoms with van der Waals surface area (Å²) in [6.07, 6.45) is 5.91. The summed E-state index contributed by atoms with van der Waals surface area (Å²) in [5.41, 5.74) is 3.39. The summed E-state index contributed by atoms with van der Waals surface area (Å²) >= 11 is 0. The molecule has 198 valence electrons. The quantitative estimate of drug-likeness (QED) is 0.456. The first-order valence-electron chi connectivity index (χ1n) is 13.5. The Morgan fingerprint density at radius 1 is 1.16 bits per heavy atom. The molecule has 5 rings (SSSR count). The Bertz CT molecular complexity index is 1160. The molecule has 2 amide bonds. The van der Waals surface area contributed by atoms with Crippen LogP contribution in [0.15, 0.2) is 24.3 Å². The molecule has 2 saturated heterocycles. The highest BCUT2D eigenvalue weighted by molar-refractivity contribution is 5.98. The Hall–Kier alpha value is -3.20. The Kier molecular flexibility index (Phi) is 7.60. The SMILES string of the molecule is CCc1nn(CCCOC(=O)c2cccc(C(=O)N3CCCC3)c2)c2c1C(=O)NCC1(CCOCC1)C2. The zero-order valence-corrected chi connectivity index (χ0v) is 21.6. The number of hydrogen-bond donors (Lipinski definition) is 1. The number of nitrogens with zero attached hydrogens (tertiary/aromatic N) is 3. The molecule has 0 unspecified atom stereocenters. The number of rotatable bonds is 7. The molecule has 37 heavy (non-hydrogen) atoms. The highest BCUT2D eigenvalue weighted by atomic mass is 16.5. The van der Waals surface area contributed by atoms with E-state index in [1.807, 2.05) is 16.5 Å². The van der Waals surface area contributed by atoms with Crippen molar-refractivity contribution in [3.05, 3.63) is 52.3 Å². The van der Waals surface area contributed by atoms with Gasteiger partial charge in [0.15, 0.2) is 0 Å². The van der Waals surface area contributed by atoms with E-state index in [4.69, 9.17) is 14.6 Å². The van der Waals surface area contributed by atoms with E-state index in [1.165, 1.54) is 0 Å². The number of hydrogen-bond acceptors (Lipinski definition) is 6. The van der Waals surface area contributed by atoms with Crippen molar-refractivity contribution in [1.29, 1.82) is 0 Å². The predicted molar refractivity (Wildman–Crippen MR) is 137 cm³/mol. The van der Waals surface area contributed by atoms with Crippen LogP contribution in [-0.2, 0) is 28.9 Å². The molecule has 1 aromatic heterocycles. The number of amides is 2. The number of carbonyl (C=O) groups is 3. The van der Waals surface area contributed by atoms with Crippen LogP contribution >= 0.6 is 0 Å². The van der Waals surface area contributed by atoms with Gasteiger partial charge in [0.1, 0.15) is 0 Å². The monoisotopic (exact) mass is 508 g/mol. The maximum atomic E-state index is 13.0. The molecular weight excluding hydrogens is 472 g/mol. The second-order valence-corrected chi connectivity index (χ2v) is 10.4. The zero-order chi connectivity index (χ0) is 25.8. The standard InChI is InChI=1S/C28H36N4O5/c1-2-22-24-23(18-28(19-29-25(24)33)9-15-36-16-10-28)32(30-22)13-6-14-37-27(35)21-8-5-7-20(17-21)26(34)31-11-3-4-12-31/h5,7-8,17H,2-4,6,9-16,18-19H2,1H3,(H,29,33). The second-order valence-electron chi connectivity index (χ2n) is 10.4. The lowest BCUT2D eigenvalue weighted by Gasteiger charge is -2.36. The predicted octanol–water partition coefficient (Wildman–Crippen LogP) is 3.01. The molecule has 1 spiro atoms. The van der Waals surface area contributed by atoms with Crippen molar-refractivity contribution in [1.82, 2.24) is 20.0 Å². The lowest BCUT2D eigenvalue weighted by atomic mass is 9.76. The van der Waals surface area contributed by atoms with Gasteiger partial charge in [0.05, 0.1) is 29.1 Å². The molecular formula is C28H36N4O5. The summed E-state index contributed by atoms with van der Waals surface area (Å²) in [5, 5.41) is 7.90. The minimum absolute atomic E-state index is 0.00800. The summed E-state index contributed by atoms with van der Waals surface area (Å²) in [6.45, 7) is 6.40. The van der Waals surface area contributed by atoms with Crippen molar-refractivity contribution in [3.8, 4) is 0 Å². The number of benzene rings is 1. The third kappa shape index (κ3) is 5.42. The summed E-state index contributed by atoms with van der Waals surface area (Å²) in [7, 11) is 0. The van der Waals surface area contributed by atoms with Gasteiger partial charge in [-0.25, -0.2) is 4.79 Å². The largest absolute Gasteiger partial charge is 0.462 e. The third-order valence-corrected chi connectivity index (χ3v) is 7.90. The molecule has 9 nitrogen and oxygen atoms in total. The first-order valence-corrected chi connectivity index (χ1v) is 13.5.